The molecule has 0 bridgehead atoms. The van der Waals surface area contributed by atoms with Crippen molar-refractivity contribution in [3.05, 3.63) is 42.5 Å². The SMILES string of the molecule is CC=CC(=O)OCC(=O)O[Si](CC)(OC(C)=O)c1ccccc1. The molecule has 0 saturated carbocycles. The molecule has 124 valence electrons. The molecule has 6 nitrogen and oxygen atoms in total. The van der Waals surface area contributed by atoms with Gasteiger partial charge in [0.25, 0.3) is 5.97 Å². The van der Waals surface area contributed by atoms with Crippen molar-refractivity contribution in [1.82, 2.24) is 0 Å². The summed E-state index contributed by atoms with van der Waals surface area (Å²) in [7, 11) is -3.27. The minimum absolute atomic E-state index is 0.352. The Morgan fingerprint density at radius 1 is 1.13 bits per heavy atom. The van der Waals surface area contributed by atoms with E-state index < -0.39 is 33.1 Å². The van der Waals surface area contributed by atoms with Crippen LogP contribution in [0.5, 0.6) is 0 Å². The van der Waals surface area contributed by atoms with E-state index in [4.69, 9.17) is 13.6 Å². The molecule has 0 radical (unpaired) electrons. The lowest BCUT2D eigenvalue weighted by atomic mass is 10.4. The zero-order chi connectivity index (χ0) is 17.3. The molecule has 1 aromatic rings. The minimum atomic E-state index is -3.27. The monoisotopic (exact) mass is 336 g/mol. The Labute approximate surface area is 136 Å². The highest BCUT2D eigenvalue weighted by atomic mass is 28.4. The molecule has 0 amide bonds. The molecule has 0 aliphatic rings. The summed E-state index contributed by atoms with van der Waals surface area (Å²) in [5.74, 6) is -1.91. The molecule has 7 heteroatoms. The average molecular weight is 336 g/mol. The first kappa shape index (κ1) is 18.6. The molecule has 0 aromatic heterocycles. The van der Waals surface area contributed by atoms with Crippen molar-refractivity contribution in [2.24, 2.45) is 0 Å². The first-order valence-corrected chi connectivity index (χ1v) is 9.22. The predicted octanol–water partition coefficient (Wildman–Crippen LogP) is 1.58. The first-order valence-electron chi connectivity index (χ1n) is 7.20. The number of ether oxygens (including phenoxy) is 1. The quantitative estimate of drug-likeness (QED) is 0.427. The maximum Gasteiger partial charge on any atom is 0.499 e. The number of hydrogen-bond acceptors (Lipinski definition) is 6. The van der Waals surface area contributed by atoms with E-state index in [0.29, 0.717) is 11.2 Å². The Bertz CT molecular complexity index is 583. The molecule has 1 unspecified atom stereocenters. The van der Waals surface area contributed by atoms with Crippen LogP contribution in [0, 0.1) is 0 Å². The number of carbonyl (C=O) groups excluding carboxylic acids is 3. The zero-order valence-electron chi connectivity index (χ0n) is 13.4. The summed E-state index contributed by atoms with van der Waals surface area (Å²) < 4.78 is 15.6. The Morgan fingerprint density at radius 3 is 2.30 bits per heavy atom. The highest BCUT2D eigenvalue weighted by molar-refractivity contribution is 6.83. The highest BCUT2D eigenvalue weighted by Crippen LogP contribution is 2.15. The zero-order valence-corrected chi connectivity index (χ0v) is 14.4. The number of hydrogen-bond donors (Lipinski definition) is 0. The van der Waals surface area contributed by atoms with Crippen LogP contribution in [0.3, 0.4) is 0 Å². The van der Waals surface area contributed by atoms with E-state index in [0.717, 1.165) is 0 Å². The molecule has 1 aromatic carbocycles. The van der Waals surface area contributed by atoms with Crippen molar-refractivity contribution in [3.63, 3.8) is 0 Å². The van der Waals surface area contributed by atoms with E-state index in [2.05, 4.69) is 0 Å². The molecule has 0 aliphatic carbocycles. The third-order valence-electron chi connectivity index (χ3n) is 2.90. The van der Waals surface area contributed by atoms with Gasteiger partial charge in [-0.15, -0.1) is 0 Å². The van der Waals surface area contributed by atoms with E-state index in [1.807, 2.05) is 6.07 Å². The van der Waals surface area contributed by atoms with Crippen LogP contribution >= 0.6 is 0 Å². The van der Waals surface area contributed by atoms with Gasteiger partial charge in [-0.3, -0.25) is 4.79 Å². The Kier molecular flexibility index (Phi) is 7.20. The second-order valence-corrected chi connectivity index (χ2v) is 7.85. The largest absolute Gasteiger partial charge is 0.499 e. The summed E-state index contributed by atoms with van der Waals surface area (Å²) in [6, 6.07) is 9.21. The lowest BCUT2D eigenvalue weighted by molar-refractivity contribution is -0.152. The normalized spacial score (nSPS) is 13.2. The van der Waals surface area contributed by atoms with Crippen LogP contribution in [0.15, 0.2) is 42.5 Å². The lowest BCUT2D eigenvalue weighted by Gasteiger charge is -2.28. The van der Waals surface area contributed by atoms with Crippen LogP contribution in [0.1, 0.15) is 20.8 Å². The smallest absolute Gasteiger partial charge is 0.482 e. The van der Waals surface area contributed by atoms with Crippen LogP contribution in [0.2, 0.25) is 6.04 Å². The van der Waals surface area contributed by atoms with Gasteiger partial charge in [0.05, 0.1) is 0 Å². The average Bonchev–Trinajstić information content (AvgIpc) is 2.53. The van der Waals surface area contributed by atoms with Crippen LogP contribution < -0.4 is 5.19 Å². The minimum Gasteiger partial charge on any atom is -0.482 e. The van der Waals surface area contributed by atoms with Crippen molar-refractivity contribution in [2.45, 2.75) is 26.8 Å². The van der Waals surface area contributed by atoms with E-state index in [9.17, 15) is 14.4 Å². The molecule has 0 N–H and O–H groups in total. The van der Waals surface area contributed by atoms with Crippen LogP contribution in [-0.2, 0) is 28.0 Å². The van der Waals surface area contributed by atoms with Gasteiger partial charge in [0.2, 0.25) is 0 Å². The van der Waals surface area contributed by atoms with Gasteiger partial charge in [0.15, 0.2) is 6.61 Å². The van der Waals surface area contributed by atoms with Crippen molar-refractivity contribution in [3.8, 4) is 0 Å². The topological polar surface area (TPSA) is 78.9 Å². The maximum absolute atomic E-state index is 12.0. The summed E-state index contributed by atoms with van der Waals surface area (Å²) in [6.07, 6.45) is 2.70. The molecule has 0 aliphatic heterocycles. The second kappa shape index (κ2) is 8.89. The van der Waals surface area contributed by atoms with Gasteiger partial charge in [-0.1, -0.05) is 43.3 Å². The Hall–Kier alpha value is -2.41. The van der Waals surface area contributed by atoms with Crippen molar-refractivity contribution in [2.75, 3.05) is 6.61 Å². The highest BCUT2D eigenvalue weighted by Gasteiger charge is 2.45. The predicted molar refractivity (Wildman–Crippen MR) is 85.9 cm³/mol. The fourth-order valence-electron chi connectivity index (χ4n) is 1.94. The third-order valence-corrected chi connectivity index (χ3v) is 6.22. The van der Waals surface area contributed by atoms with Crippen molar-refractivity contribution >= 4 is 31.7 Å². The van der Waals surface area contributed by atoms with E-state index in [1.165, 1.54) is 19.1 Å². The molecule has 0 fully saturated rings. The van der Waals surface area contributed by atoms with E-state index >= 15 is 0 Å². The third kappa shape index (κ3) is 5.71. The summed E-state index contributed by atoms with van der Waals surface area (Å²) in [5, 5.41) is 0.658. The maximum atomic E-state index is 12.0. The summed E-state index contributed by atoms with van der Waals surface area (Å²) >= 11 is 0. The van der Waals surface area contributed by atoms with Crippen molar-refractivity contribution < 1.29 is 28.0 Å². The first-order chi connectivity index (χ1) is 10.9. The molecular weight excluding hydrogens is 316 g/mol. The van der Waals surface area contributed by atoms with Gasteiger partial charge in [-0.25, -0.2) is 9.59 Å². The standard InChI is InChI=1S/C16H20O6Si/c1-4-9-15(18)20-12-16(19)22-23(5-2,21-13(3)17)14-10-7-6-8-11-14/h4,6-11H,5,12H2,1-3H3. The fourth-order valence-corrected chi connectivity index (χ4v) is 4.50. The summed E-state index contributed by atoms with van der Waals surface area (Å²) in [4.78, 5) is 34.7. The van der Waals surface area contributed by atoms with E-state index in [1.54, 1.807) is 38.1 Å². The molecule has 1 atom stereocenters. The summed E-state index contributed by atoms with van der Waals surface area (Å²) in [6.45, 7) is 4.16. The number of rotatable bonds is 7. The molecule has 0 heterocycles. The molecule has 0 saturated heterocycles. The van der Waals surface area contributed by atoms with Crippen LogP contribution in [0.4, 0.5) is 0 Å². The Morgan fingerprint density at radius 2 is 1.78 bits per heavy atom. The van der Waals surface area contributed by atoms with Crippen LogP contribution in [0.25, 0.3) is 0 Å². The van der Waals surface area contributed by atoms with Crippen LogP contribution in [-0.4, -0.2) is 33.1 Å². The number of carbonyl (C=O) groups is 3. The number of allylic oxidation sites excluding steroid dienone is 1. The molecule has 0 spiro atoms. The van der Waals surface area contributed by atoms with Gasteiger partial charge in [0, 0.05) is 24.2 Å². The summed E-state index contributed by atoms with van der Waals surface area (Å²) in [5.41, 5.74) is 0. The van der Waals surface area contributed by atoms with Gasteiger partial charge >= 0.3 is 20.5 Å². The lowest BCUT2D eigenvalue weighted by Crippen LogP contribution is -2.55. The molecular formula is C16H20O6Si. The number of esters is 1. The molecule has 1 rings (SSSR count). The van der Waals surface area contributed by atoms with Gasteiger partial charge < -0.3 is 13.6 Å². The second-order valence-electron chi connectivity index (χ2n) is 4.65. The van der Waals surface area contributed by atoms with E-state index in [-0.39, 0.29) is 0 Å². The van der Waals surface area contributed by atoms with Crippen molar-refractivity contribution in [1.29, 1.82) is 0 Å². The Balaban J connectivity index is 2.91. The molecule has 23 heavy (non-hydrogen) atoms. The number of benzene rings is 1. The van der Waals surface area contributed by atoms with Gasteiger partial charge in [-0.05, 0) is 6.92 Å². The van der Waals surface area contributed by atoms with Gasteiger partial charge in [0.1, 0.15) is 0 Å². The fraction of sp³-hybridized carbons (Fsp3) is 0.312. The van der Waals surface area contributed by atoms with Gasteiger partial charge in [-0.2, -0.15) is 0 Å².